The molecule has 0 amide bonds. The molecule has 2 heterocycles. The van der Waals surface area contributed by atoms with Gasteiger partial charge in [-0.05, 0) is 43.5 Å². The molecule has 0 aliphatic carbocycles. The van der Waals surface area contributed by atoms with Crippen LogP contribution in [0.2, 0.25) is 5.02 Å². The van der Waals surface area contributed by atoms with E-state index in [9.17, 15) is 0 Å². The lowest BCUT2D eigenvalue weighted by Crippen LogP contribution is -2.28. The third-order valence-electron chi connectivity index (χ3n) is 3.60. The van der Waals surface area contributed by atoms with Crippen LogP contribution in [0.25, 0.3) is 10.9 Å². The lowest BCUT2D eigenvalue weighted by atomic mass is 10.1. The summed E-state index contributed by atoms with van der Waals surface area (Å²) in [5.74, 6) is 0. The summed E-state index contributed by atoms with van der Waals surface area (Å²) < 4.78 is 5.39. The zero-order valence-electron chi connectivity index (χ0n) is 10.9. The van der Waals surface area contributed by atoms with Crippen LogP contribution in [-0.2, 0) is 4.74 Å². The van der Waals surface area contributed by atoms with Crippen LogP contribution in [0.4, 0.5) is 5.69 Å². The molecule has 0 atom stereocenters. The fraction of sp³-hybridized carbons (Fsp3) is 0.400. The number of nitrogens with one attached hydrogen (secondary N) is 1. The number of pyridine rings is 1. The summed E-state index contributed by atoms with van der Waals surface area (Å²) in [5, 5.41) is 5.43. The molecule has 0 bridgehead atoms. The topological polar surface area (TPSA) is 34.1 Å². The zero-order valence-corrected chi connectivity index (χ0v) is 11.7. The first-order chi connectivity index (χ1) is 9.25. The number of benzene rings is 1. The maximum Gasteiger partial charge on any atom is 0.0752 e. The Balaban J connectivity index is 2.01. The van der Waals surface area contributed by atoms with E-state index >= 15 is 0 Å². The molecule has 3 nitrogen and oxygen atoms in total. The highest BCUT2D eigenvalue weighted by atomic mass is 35.5. The Labute approximate surface area is 117 Å². The van der Waals surface area contributed by atoms with Gasteiger partial charge in [0.1, 0.15) is 0 Å². The minimum atomic E-state index is 0.428. The molecular weight excluding hydrogens is 260 g/mol. The second-order valence-corrected chi connectivity index (χ2v) is 5.39. The van der Waals surface area contributed by atoms with Gasteiger partial charge < -0.3 is 10.1 Å². The van der Waals surface area contributed by atoms with Gasteiger partial charge in [0.2, 0.25) is 0 Å². The van der Waals surface area contributed by atoms with E-state index in [0.29, 0.717) is 6.04 Å². The van der Waals surface area contributed by atoms with E-state index < -0.39 is 0 Å². The van der Waals surface area contributed by atoms with Crippen molar-refractivity contribution in [1.82, 2.24) is 4.98 Å². The molecule has 19 heavy (non-hydrogen) atoms. The van der Waals surface area contributed by atoms with Crippen molar-refractivity contribution in [3.63, 3.8) is 0 Å². The van der Waals surface area contributed by atoms with Gasteiger partial charge >= 0.3 is 0 Å². The van der Waals surface area contributed by atoms with Crippen LogP contribution in [-0.4, -0.2) is 24.2 Å². The van der Waals surface area contributed by atoms with Gasteiger partial charge in [0, 0.05) is 30.8 Å². The van der Waals surface area contributed by atoms with Crippen molar-refractivity contribution >= 4 is 28.2 Å². The van der Waals surface area contributed by atoms with Crippen LogP contribution in [0.15, 0.2) is 24.4 Å². The van der Waals surface area contributed by atoms with E-state index in [-0.39, 0.29) is 0 Å². The van der Waals surface area contributed by atoms with E-state index in [2.05, 4.69) is 16.4 Å². The number of hydrogen-bond donors (Lipinski definition) is 1. The Morgan fingerprint density at radius 2 is 2.16 bits per heavy atom. The zero-order chi connectivity index (χ0) is 13.2. The fourth-order valence-electron chi connectivity index (χ4n) is 2.57. The molecule has 0 saturated carbocycles. The highest BCUT2D eigenvalue weighted by Gasteiger charge is 2.17. The van der Waals surface area contributed by atoms with Gasteiger partial charge in [-0.2, -0.15) is 0 Å². The maximum atomic E-state index is 6.41. The smallest absolute Gasteiger partial charge is 0.0752 e. The van der Waals surface area contributed by atoms with Gasteiger partial charge in [0.25, 0.3) is 0 Å². The van der Waals surface area contributed by atoms with Crippen LogP contribution in [0.1, 0.15) is 18.4 Å². The van der Waals surface area contributed by atoms with Gasteiger partial charge in [-0.15, -0.1) is 0 Å². The summed E-state index contributed by atoms with van der Waals surface area (Å²) in [7, 11) is 0. The summed E-state index contributed by atoms with van der Waals surface area (Å²) in [5.41, 5.74) is 3.13. The van der Waals surface area contributed by atoms with Crippen LogP contribution in [0.5, 0.6) is 0 Å². The lowest BCUT2D eigenvalue weighted by Gasteiger charge is -2.25. The standard InChI is InChI=1S/C15H17ClN2O/c1-10-9-13(16)15(12-3-2-6-17-14(10)12)18-11-4-7-19-8-5-11/h2-3,6,9,11,18H,4-5,7-8H2,1H3. The van der Waals surface area contributed by atoms with Crippen molar-refractivity contribution in [3.05, 3.63) is 35.0 Å². The van der Waals surface area contributed by atoms with Gasteiger partial charge in [0.05, 0.1) is 16.2 Å². The normalized spacial score (nSPS) is 16.7. The summed E-state index contributed by atoms with van der Waals surface area (Å²) in [6.45, 7) is 3.67. The highest BCUT2D eigenvalue weighted by Crippen LogP contribution is 2.33. The highest BCUT2D eigenvalue weighted by molar-refractivity contribution is 6.35. The van der Waals surface area contributed by atoms with E-state index in [1.807, 2.05) is 25.3 Å². The number of nitrogens with zero attached hydrogens (tertiary/aromatic N) is 1. The van der Waals surface area contributed by atoms with E-state index in [4.69, 9.17) is 16.3 Å². The minimum absolute atomic E-state index is 0.428. The molecule has 2 aromatic rings. The molecule has 3 rings (SSSR count). The second kappa shape index (κ2) is 5.35. The Hall–Kier alpha value is -1.32. The van der Waals surface area contributed by atoms with E-state index in [1.54, 1.807) is 0 Å². The molecule has 1 fully saturated rings. The Kier molecular flexibility index (Phi) is 3.58. The third kappa shape index (κ3) is 2.53. The Morgan fingerprint density at radius 1 is 1.37 bits per heavy atom. The number of hydrogen-bond acceptors (Lipinski definition) is 3. The number of aryl methyl sites for hydroxylation is 1. The SMILES string of the molecule is Cc1cc(Cl)c(NC2CCOCC2)c2cccnc12. The van der Waals surface area contributed by atoms with Gasteiger partial charge in [-0.1, -0.05) is 11.6 Å². The number of fused-ring (bicyclic) bond motifs is 1. The molecule has 1 aromatic carbocycles. The van der Waals surface area contributed by atoms with Crippen LogP contribution in [0, 0.1) is 6.92 Å². The molecule has 0 unspecified atom stereocenters. The molecule has 1 N–H and O–H groups in total. The van der Waals surface area contributed by atoms with Crippen molar-refractivity contribution in [2.45, 2.75) is 25.8 Å². The number of halogens is 1. The molecular formula is C15H17ClN2O. The van der Waals surface area contributed by atoms with Gasteiger partial charge in [-0.3, -0.25) is 4.98 Å². The first-order valence-corrected chi connectivity index (χ1v) is 7.01. The fourth-order valence-corrected chi connectivity index (χ4v) is 2.89. The summed E-state index contributed by atoms with van der Waals surface area (Å²) >= 11 is 6.41. The van der Waals surface area contributed by atoms with Crippen molar-refractivity contribution < 1.29 is 4.74 Å². The third-order valence-corrected chi connectivity index (χ3v) is 3.90. The average molecular weight is 277 g/mol. The minimum Gasteiger partial charge on any atom is -0.381 e. The number of anilines is 1. The van der Waals surface area contributed by atoms with Crippen LogP contribution in [0.3, 0.4) is 0 Å². The predicted molar refractivity (Wildman–Crippen MR) is 79.0 cm³/mol. The number of aromatic nitrogens is 1. The largest absolute Gasteiger partial charge is 0.381 e. The van der Waals surface area contributed by atoms with Crippen LogP contribution >= 0.6 is 11.6 Å². The van der Waals surface area contributed by atoms with Crippen molar-refractivity contribution in [1.29, 1.82) is 0 Å². The monoisotopic (exact) mass is 276 g/mol. The summed E-state index contributed by atoms with van der Waals surface area (Å²) in [4.78, 5) is 4.45. The van der Waals surface area contributed by atoms with Crippen LogP contribution < -0.4 is 5.32 Å². The maximum absolute atomic E-state index is 6.41. The molecule has 1 aromatic heterocycles. The van der Waals surface area contributed by atoms with Gasteiger partial charge in [-0.25, -0.2) is 0 Å². The molecule has 1 saturated heterocycles. The molecule has 0 radical (unpaired) electrons. The first-order valence-electron chi connectivity index (χ1n) is 6.64. The average Bonchev–Trinajstić information content (AvgIpc) is 2.45. The van der Waals surface area contributed by atoms with Gasteiger partial charge in [0.15, 0.2) is 0 Å². The second-order valence-electron chi connectivity index (χ2n) is 4.98. The first kappa shape index (κ1) is 12.7. The lowest BCUT2D eigenvalue weighted by molar-refractivity contribution is 0.0905. The Morgan fingerprint density at radius 3 is 2.95 bits per heavy atom. The van der Waals surface area contributed by atoms with Crippen molar-refractivity contribution in [2.24, 2.45) is 0 Å². The van der Waals surface area contributed by atoms with E-state index in [0.717, 1.165) is 53.2 Å². The Bertz CT molecular complexity index is 594. The number of ether oxygens (including phenoxy) is 1. The molecule has 1 aliphatic heterocycles. The summed E-state index contributed by atoms with van der Waals surface area (Å²) in [6, 6.07) is 6.44. The van der Waals surface area contributed by atoms with E-state index in [1.165, 1.54) is 0 Å². The van der Waals surface area contributed by atoms with Crippen molar-refractivity contribution in [2.75, 3.05) is 18.5 Å². The molecule has 0 spiro atoms. The van der Waals surface area contributed by atoms with Crippen molar-refractivity contribution in [3.8, 4) is 0 Å². The molecule has 100 valence electrons. The number of rotatable bonds is 2. The predicted octanol–water partition coefficient (Wildman–Crippen LogP) is 3.79. The molecule has 4 heteroatoms. The quantitative estimate of drug-likeness (QED) is 0.906. The molecule has 1 aliphatic rings. The summed E-state index contributed by atoms with van der Waals surface area (Å²) in [6.07, 6.45) is 3.86.